The molecule has 1 nitrogen and oxygen atoms in total. The molecule has 0 saturated heterocycles. The Morgan fingerprint density at radius 2 is 1.38 bits per heavy atom. The van der Waals surface area contributed by atoms with E-state index in [1.54, 1.807) is 9.27 Å². The first-order chi connectivity index (χ1) is 11.6. The van der Waals surface area contributed by atoms with Gasteiger partial charge in [0, 0.05) is 0 Å². The Hall–Kier alpha value is -0.0113. The van der Waals surface area contributed by atoms with Gasteiger partial charge in [0.25, 0.3) is 0 Å². The molecule has 0 aliphatic heterocycles. The Morgan fingerprint density at radius 1 is 0.875 bits per heavy atom. The van der Waals surface area contributed by atoms with E-state index >= 15 is 0 Å². The number of hydrogen-bond donors (Lipinski definition) is 0. The normalized spacial score (nSPS) is 12.2. The number of unbranched alkanes of at least 4 members (excludes halogenated alkanes) is 3. The van der Waals surface area contributed by atoms with Crippen LogP contribution in [-0.4, -0.2) is 22.7 Å². The van der Waals surface area contributed by atoms with E-state index in [0.29, 0.717) is 0 Å². The van der Waals surface area contributed by atoms with Crippen molar-refractivity contribution in [2.24, 2.45) is 0 Å². The van der Waals surface area contributed by atoms with Gasteiger partial charge in [-0.15, -0.1) is 0 Å². The summed E-state index contributed by atoms with van der Waals surface area (Å²) in [6.45, 7) is 9.48. The fourth-order valence-corrected chi connectivity index (χ4v) is 24.1. The van der Waals surface area contributed by atoms with Gasteiger partial charge in [-0.25, -0.2) is 0 Å². The van der Waals surface area contributed by atoms with Crippen LogP contribution in [0, 0.1) is 6.92 Å². The van der Waals surface area contributed by atoms with E-state index < -0.39 is 18.4 Å². The number of para-hydroxylation sites is 1. The number of aryl methyl sites for hydroxylation is 1. The van der Waals surface area contributed by atoms with E-state index in [2.05, 4.69) is 65.7 Å². The molecule has 0 N–H and O–H groups in total. The predicted molar refractivity (Wildman–Crippen MR) is 116 cm³/mol. The fraction of sp³-hybridized carbons (Fsp3) is 0.619. The summed E-state index contributed by atoms with van der Waals surface area (Å²) in [4.78, 5) is 0. The molecule has 1 atom stereocenters. The molecule has 0 saturated carbocycles. The molecule has 2 rings (SSSR count). The van der Waals surface area contributed by atoms with Gasteiger partial charge in [0.1, 0.15) is 0 Å². The van der Waals surface area contributed by atoms with Gasteiger partial charge in [-0.2, -0.15) is 0 Å². The average Bonchev–Trinajstić information content (AvgIpc) is 2.87. The minimum atomic E-state index is -2.39. The molecule has 0 fully saturated rings. The summed E-state index contributed by atoms with van der Waals surface area (Å²) in [7, 11) is 3.07. The van der Waals surface area contributed by atoms with E-state index in [1.165, 1.54) is 62.7 Å². The summed E-state index contributed by atoms with van der Waals surface area (Å²) in [5, 5.41) is 1.48. The Kier molecular flexibility index (Phi) is 8.14. The van der Waals surface area contributed by atoms with Crippen molar-refractivity contribution >= 4 is 42.4 Å². The molecule has 0 aliphatic carbocycles. The van der Waals surface area contributed by atoms with Crippen LogP contribution >= 0.6 is 9.39 Å². The summed E-state index contributed by atoms with van der Waals surface area (Å²) in [6, 6.07) is 9.01. The predicted octanol–water partition coefficient (Wildman–Crippen LogP) is 6.64. The first-order valence-corrected chi connectivity index (χ1v) is 18.0. The number of aromatic nitrogens is 1. The number of benzene rings is 1. The van der Waals surface area contributed by atoms with E-state index in [9.17, 15) is 0 Å². The standard InChI is InChI=1S/C9H9NP.3C4H9.Sn/c1-7-6-10(11)9-5-3-2-4-8(7)9;3*1-3-4-2;/h2-5H,11H2,1H3;3*1,3-4H2,2H3;. The molecule has 0 aliphatic rings. The SMILES string of the molecule is CCC[CH2][Sn]([CH2]CCC)([CH2]CCC)[c]1c(C)c2ccccc2n1P. The summed E-state index contributed by atoms with van der Waals surface area (Å²) < 4.78 is 8.94. The van der Waals surface area contributed by atoms with Gasteiger partial charge in [0.05, 0.1) is 0 Å². The van der Waals surface area contributed by atoms with Crippen LogP contribution in [0.1, 0.15) is 64.9 Å². The summed E-state index contributed by atoms with van der Waals surface area (Å²) in [6.07, 6.45) is 8.30. The van der Waals surface area contributed by atoms with Crippen LogP contribution in [0.25, 0.3) is 10.9 Å². The third kappa shape index (κ3) is 4.21. The van der Waals surface area contributed by atoms with Crippen molar-refractivity contribution in [1.82, 2.24) is 4.34 Å². The van der Waals surface area contributed by atoms with Gasteiger partial charge in [0.2, 0.25) is 0 Å². The quantitative estimate of drug-likeness (QED) is 0.281. The number of fused-ring (bicyclic) bond motifs is 1. The molecule has 134 valence electrons. The average molecular weight is 452 g/mol. The van der Waals surface area contributed by atoms with Gasteiger partial charge in [-0.05, 0) is 0 Å². The molecule has 2 aromatic rings. The second-order valence-corrected chi connectivity index (χ2v) is 20.9. The Bertz CT molecular complexity index is 586. The number of rotatable bonds is 10. The van der Waals surface area contributed by atoms with Crippen molar-refractivity contribution in [3.63, 3.8) is 0 Å². The second-order valence-electron chi connectivity index (χ2n) is 7.45. The monoisotopic (exact) mass is 453 g/mol. The maximum absolute atomic E-state index is 3.07. The molecule has 24 heavy (non-hydrogen) atoms. The molecule has 1 aromatic heterocycles. The van der Waals surface area contributed by atoms with Crippen LogP contribution in [-0.2, 0) is 0 Å². The topological polar surface area (TPSA) is 4.93 Å². The van der Waals surface area contributed by atoms with Gasteiger partial charge in [0.15, 0.2) is 0 Å². The molecule has 0 spiro atoms. The van der Waals surface area contributed by atoms with Crippen molar-refractivity contribution in [2.75, 3.05) is 0 Å². The van der Waals surface area contributed by atoms with Crippen molar-refractivity contribution in [1.29, 1.82) is 0 Å². The maximum atomic E-state index is 3.07. The number of nitrogens with zero attached hydrogens (tertiary/aromatic N) is 1. The van der Waals surface area contributed by atoms with E-state index in [4.69, 9.17) is 0 Å². The number of hydrogen-bond acceptors (Lipinski definition) is 0. The third-order valence-electron chi connectivity index (χ3n) is 5.69. The Labute approximate surface area is 155 Å². The second kappa shape index (κ2) is 9.62. The molecule has 3 heteroatoms. The third-order valence-corrected chi connectivity index (χ3v) is 22.8. The van der Waals surface area contributed by atoms with Gasteiger partial charge >= 0.3 is 156 Å². The molecule has 0 amide bonds. The molecule has 1 aromatic carbocycles. The molecule has 0 bridgehead atoms. The van der Waals surface area contributed by atoms with Crippen LogP contribution in [0.5, 0.6) is 0 Å². The van der Waals surface area contributed by atoms with Crippen molar-refractivity contribution in [3.8, 4) is 0 Å². The zero-order chi connectivity index (χ0) is 17.6. The first-order valence-electron chi connectivity index (χ1n) is 9.96. The van der Waals surface area contributed by atoms with Gasteiger partial charge in [-0.1, -0.05) is 0 Å². The van der Waals surface area contributed by atoms with Gasteiger partial charge in [-0.3, -0.25) is 0 Å². The zero-order valence-electron chi connectivity index (χ0n) is 16.2. The zero-order valence-corrected chi connectivity index (χ0v) is 20.2. The van der Waals surface area contributed by atoms with Gasteiger partial charge < -0.3 is 0 Å². The Balaban J connectivity index is 2.59. The van der Waals surface area contributed by atoms with Crippen molar-refractivity contribution < 1.29 is 0 Å². The van der Waals surface area contributed by atoms with E-state index in [1.807, 2.05) is 0 Å². The summed E-state index contributed by atoms with van der Waals surface area (Å²) >= 11 is -2.39. The first kappa shape index (κ1) is 20.3. The van der Waals surface area contributed by atoms with Crippen LogP contribution in [0.2, 0.25) is 13.3 Å². The van der Waals surface area contributed by atoms with Crippen molar-refractivity contribution in [2.45, 2.75) is 79.5 Å². The molecule has 0 radical (unpaired) electrons. The van der Waals surface area contributed by atoms with Crippen LogP contribution in [0.3, 0.4) is 0 Å². The molecule has 1 unspecified atom stereocenters. The summed E-state index contributed by atoms with van der Waals surface area (Å²) in [5.41, 5.74) is 3.01. The summed E-state index contributed by atoms with van der Waals surface area (Å²) in [5.74, 6) is 0. The van der Waals surface area contributed by atoms with E-state index in [0.717, 1.165) is 0 Å². The molecular formula is C21H36NPSn. The molecular weight excluding hydrogens is 416 g/mol. The van der Waals surface area contributed by atoms with Crippen molar-refractivity contribution in [3.05, 3.63) is 29.8 Å². The van der Waals surface area contributed by atoms with Crippen LogP contribution in [0.15, 0.2) is 24.3 Å². The van der Waals surface area contributed by atoms with E-state index in [-0.39, 0.29) is 0 Å². The molecule has 1 heterocycles. The van der Waals surface area contributed by atoms with Crippen LogP contribution < -0.4 is 3.71 Å². The Morgan fingerprint density at radius 3 is 1.83 bits per heavy atom. The minimum absolute atomic E-state index is 1.34. The fourth-order valence-electron chi connectivity index (χ4n) is 4.36. The van der Waals surface area contributed by atoms with Crippen LogP contribution in [0.4, 0.5) is 0 Å².